The van der Waals surface area contributed by atoms with Crippen molar-refractivity contribution < 1.29 is 9.53 Å². The molecule has 0 spiro atoms. The molecule has 27 heavy (non-hydrogen) atoms. The molecule has 6 nitrogen and oxygen atoms in total. The molecule has 0 N–H and O–H groups in total. The van der Waals surface area contributed by atoms with Crippen molar-refractivity contribution >= 4 is 17.0 Å². The number of carbonyl (C=O) groups is 1. The van der Waals surface area contributed by atoms with Gasteiger partial charge in [-0.2, -0.15) is 0 Å². The van der Waals surface area contributed by atoms with E-state index in [9.17, 15) is 4.79 Å². The van der Waals surface area contributed by atoms with Gasteiger partial charge in [-0.15, -0.1) is 0 Å². The molecule has 0 radical (unpaired) electrons. The van der Waals surface area contributed by atoms with E-state index in [0.29, 0.717) is 12.1 Å². The summed E-state index contributed by atoms with van der Waals surface area (Å²) in [7, 11) is 5.48. The van der Waals surface area contributed by atoms with Gasteiger partial charge in [-0.05, 0) is 50.1 Å². The van der Waals surface area contributed by atoms with Crippen LogP contribution in [-0.2, 0) is 24.8 Å². The normalized spacial score (nSPS) is 16.5. The summed E-state index contributed by atoms with van der Waals surface area (Å²) in [5.74, 6) is 0.584. The van der Waals surface area contributed by atoms with Gasteiger partial charge in [0.1, 0.15) is 5.82 Å². The van der Waals surface area contributed by atoms with Crippen LogP contribution in [0.5, 0.6) is 0 Å². The highest BCUT2D eigenvalue weighted by Crippen LogP contribution is 2.33. The molecular weight excluding hydrogens is 340 g/mol. The number of benzene rings is 1. The number of pyridine rings is 1. The number of ether oxygens (including phenoxy) is 1. The Kier molecular flexibility index (Phi) is 4.66. The molecule has 0 amide bonds. The lowest BCUT2D eigenvalue weighted by Gasteiger charge is -2.32. The predicted molar refractivity (Wildman–Crippen MR) is 103 cm³/mol. The van der Waals surface area contributed by atoms with E-state index >= 15 is 0 Å². The number of para-hydroxylation sites is 1. The van der Waals surface area contributed by atoms with Gasteiger partial charge in [0.15, 0.2) is 0 Å². The number of esters is 1. The van der Waals surface area contributed by atoms with E-state index in [2.05, 4.69) is 23.0 Å². The van der Waals surface area contributed by atoms with E-state index in [4.69, 9.17) is 9.72 Å². The summed E-state index contributed by atoms with van der Waals surface area (Å²) < 4.78 is 6.93. The molecule has 6 heteroatoms. The summed E-state index contributed by atoms with van der Waals surface area (Å²) in [5, 5.41) is 0. The van der Waals surface area contributed by atoms with E-state index < -0.39 is 0 Å². The van der Waals surface area contributed by atoms with Gasteiger partial charge in [0.2, 0.25) is 0 Å². The lowest BCUT2D eigenvalue weighted by atomic mass is 9.91. The fourth-order valence-corrected chi connectivity index (χ4v) is 4.08. The SMILES string of the molecule is COC(=O)c1cccc2nc(CN(C)C3CCCc4cccnc43)n(C)c12. The van der Waals surface area contributed by atoms with Crippen LogP contribution in [0.4, 0.5) is 0 Å². The highest BCUT2D eigenvalue weighted by molar-refractivity contribution is 6.02. The molecule has 1 aliphatic carbocycles. The Morgan fingerprint density at radius 3 is 3.00 bits per heavy atom. The fraction of sp³-hybridized carbons (Fsp3) is 0.381. The summed E-state index contributed by atoms with van der Waals surface area (Å²) in [4.78, 5) is 23.8. The minimum atomic E-state index is -0.339. The van der Waals surface area contributed by atoms with Gasteiger partial charge in [-0.1, -0.05) is 12.1 Å². The zero-order chi connectivity index (χ0) is 19.0. The third kappa shape index (κ3) is 3.10. The Morgan fingerprint density at radius 1 is 1.33 bits per heavy atom. The van der Waals surface area contributed by atoms with Crippen LogP contribution in [0.1, 0.15) is 46.3 Å². The fourth-order valence-electron chi connectivity index (χ4n) is 4.08. The Balaban J connectivity index is 1.67. The van der Waals surface area contributed by atoms with Gasteiger partial charge in [0.05, 0.1) is 42.0 Å². The molecule has 140 valence electrons. The molecular formula is C21H24N4O2. The minimum Gasteiger partial charge on any atom is -0.465 e. The maximum Gasteiger partial charge on any atom is 0.340 e. The van der Waals surface area contributed by atoms with Gasteiger partial charge in [-0.3, -0.25) is 9.88 Å². The number of aromatic nitrogens is 3. The molecule has 3 aromatic rings. The maximum atomic E-state index is 12.1. The summed E-state index contributed by atoms with van der Waals surface area (Å²) in [6, 6.07) is 10.0. The highest BCUT2D eigenvalue weighted by Gasteiger charge is 2.26. The minimum absolute atomic E-state index is 0.287. The molecule has 0 bridgehead atoms. The first-order chi connectivity index (χ1) is 13.1. The lowest BCUT2D eigenvalue weighted by molar-refractivity contribution is 0.0602. The number of hydrogen-bond acceptors (Lipinski definition) is 5. The summed E-state index contributed by atoms with van der Waals surface area (Å²) in [6.45, 7) is 0.687. The molecule has 1 unspecified atom stereocenters. The molecule has 0 aliphatic heterocycles. The van der Waals surface area contributed by atoms with E-state index in [1.54, 1.807) is 6.07 Å². The topological polar surface area (TPSA) is 60.2 Å². The van der Waals surface area contributed by atoms with Crippen molar-refractivity contribution in [3.05, 3.63) is 59.2 Å². The van der Waals surface area contributed by atoms with Gasteiger partial charge in [-0.25, -0.2) is 9.78 Å². The third-order valence-electron chi connectivity index (χ3n) is 5.48. The average molecular weight is 364 g/mol. The van der Waals surface area contributed by atoms with Gasteiger partial charge < -0.3 is 9.30 Å². The van der Waals surface area contributed by atoms with Crippen molar-refractivity contribution in [1.29, 1.82) is 0 Å². The molecule has 2 aromatic heterocycles. The number of aryl methyl sites for hydroxylation is 2. The van der Waals surface area contributed by atoms with E-state index in [1.807, 2.05) is 36.0 Å². The Labute approximate surface area is 158 Å². The average Bonchev–Trinajstić information content (AvgIpc) is 3.02. The standard InChI is InChI=1S/C21H24N4O2/c1-24(17-11-4-7-14-8-6-12-22-19(14)17)13-18-23-16-10-5-9-15(21(26)27-3)20(16)25(18)2/h5-6,8-10,12,17H,4,7,11,13H2,1-3H3. The molecule has 2 heterocycles. The number of methoxy groups -OCH3 is 1. The predicted octanol–water partition coefficient (Wildman–Crippen LogP) is 3.26. The van der Waals surface area contributed by atoms with Crippen LogP contribution in [0.15, 0.2) is 36.5 Å². The van der Waals surface area contributed by atoms with Crippen LogP contribution in [0.25, 0.3) is 11.0 Å². The number of carbonyl (C=O) groups excluding carboxylic acids is 1. The van der Waals surface area contributed by atoms with Crippen LogP contribution < -0.4 is 0 Å². The quantitative estimate of drug-likeness (QED) is 0.665. The molecule has 0 saturated heterocycles. The van der Waals surface area contributed by atoms with Crippen LogP contribution in [0.2, 0.25) is 0 Å². The summed E-state index contributed by atoms with van der Waals surface area (Å²) >= 11 is 0. The number of nitrogens with zero attached hydrogens (tertiary/aromatic N) is 4. The number of rotatable bonds is 4. The first-order valence-electron chi connectivity index (χ1n) is 9.26. The second-order valence-electron chi connectivity index (χ2n) is 7.12. The molecule has 1 aromatic carbocycles. The van der Waals surface area contributed by atoms with E-state index in [0.717, 1.165) is 29.7 Å². The first-order valence-corrected chi connectivity index (χ1v) is 9.26. The van der Waals surface area contributed by atoms with Crippen LogP contribution in [0.3, 0.4) is 0 Å². The first kappa shape index (κ1) is 17.7. The number of imidazole rings is 1. The van der Waals surface area contributed by atoms with Crippen molar-refractivity contribution in [3.8, 4) is 0 Å². The van der Waals surface area contributed by atoms with Crippen LogP contribution in [0, 0.1) is 0 Å². The Bertz CT molecular complexity index is 995. The van der Waals surface area contributed by atoms with Crippen molar-refractivity contribution in [1.82, 2.24) is 19.4 Å². The van der Waals surface area contributed by atoms with Crippen molar-refractivity contribution in [2.24, 2.45) is 7.05 Å². The van der Waals surface area contributed by atoms with Crippen molar-refractivity contribution in [3.63, 3.8) is 0 Å². The zero-order valence-corrected chi connectivity index (χ0v) is 16.0. The Hall–Kier alpha value is -2.73. The Morgan fingerprint density at radius 2 is 2.19 bits per heavy atom. The molecule has 4 rings (SSSR count). The van der Waals surface area contributed by atoms with Crippen molar-refractivity contribution in [2.75, 3.05) is 14.2 Å². The van der Waals surface area contributed by atoms with Gasteiger partial charge in [0.25, 0.3) is 0 Å². The molecule has 1 aliphatic rings. The molecule has 0 fully saturated rings. The second kappa shape index (κ2) is 7.12. The third-order valence-corrected chi connectivity index (χ3v) is 5.48. The summed E-state index contributed by atoms with van der Waals surface area (Å²) in [6.07, 6.45) is 5.24. The van der Waals surface area contributed by atoms with Gasteiger partial charge >= 0.3 is 5.97 Å². The zero-order valence-electron chi connectivity index (χ0n) is 16.0. The van der Waals surface area contributed by atoms with E-state index in [-0.39, 0.29) is 12.0 Å². The summed E-state index contributed by atoms with van der Waals surface area (Å²) in [5.41, 5.74) is 4.70. The monoisotopic (exact) mass is 364 g/mol. The lowest BCUT2D eigenvalue weighted by Crippen LogP contribution is -2.29. The highest BCUT2D eigenvalue weighted by atomic mass is 16.5. The molecule has 0 saturated carbocycles. The molecule has 1 atom stereocenters. The number of fused-ring (bicyclic) bond motifs is 2. The van der Waals surface area contributed by atoms with Crippen LogP contribution in [-0.4, -0.2) is 39.6 Å². The van der Waals surface area contributed by atoms with Crippen molar-refractivity contribution in [2.45, 2.75) is 31.8 Å². The maximum absolute atomic E-state index is 12.1. The van der Waals surface area contributed by atoms with E-state index in [1.165, 1.54) is 24.8 Å². The smallest absolute Gasteiger partial charge is 0.340 e. The largest absolute Gasteiger partial charge is 0.465 e. The number of hydrogen-bond donors (Lipinski definition) is 0. The van der Waals surface area contributed by atoms with Gasteiger partial charge in [0, 0.05) is 13.2 Å². The van der Waals surface area contributed by atoms with Crippen LogP contribution >= 0.6 is 0 Å². The second-order valence-corrected chi connectivity index (χ2v) is 7.12.